The first kappa shape index (κ1) is 35.3. The number of para-hydroxylation sites is 1. The fourth-order valence-corrected chi connectivity index (χ4v) is 7.16. The summed E-state index contributed by atoms with van der Waals surface area (Å²) in [5.41, 5.74) is 7.66. The van der Waals surface area contributed by atoms with Crippen LogP contribution < -0.4 is 15.3 Å². The molecule has 5 rings (SSSR count). The van der Waals surface area contributed by atoms with Gasteiger partial charge in [-0.1, -0.05) is 75.7 Å². The SMILES string of the molecule is CCCCOC(=O)[C@H](C)NP(=O)(OC[C@@](C)(C(C)C)n1c(COCC)nc2c(N)nc3ccccc3c21)Oc1ccc2ccccc2c1. The standard InChI is InChI=1S/C36H46N5O6P/c1-7-9-20-45-35(42)25(5)40-48(43,47-28-19-18-26-14-10-11-15-27(26)21-28)46-23-36(6,24(3)4)41-31(22-44-8-2)39-32-33(41)29-16-12-13-17-30(29)38-34(32)37/h10-19,21,24-25H,7-9,20,22-23H2,1-6H3,(H2,37,38)(H,40,43)/t25-,36-,48?/m0/s1. The van der Waals surface area contributed by atoms with E-state index in [0.717, 1.165) is 40.0 Å². The van der Waals surface area contributed by atoms with E-state index in [1.54, 1.807) is 19.1 Å². The molecule has 0 amide bonds. The van der Waals surface area contributed by atoms with Crippen LogP contribution in [0.2, 0.25) is 0 Å². The number of aromatic nitrogens is 3. The second-order valence-corrected chi connectivity index (χ2v) is 14.2. The third kappa shape index (κ3) is 7.50. The summed E-state index contributed by atoms with van der Waals surface area (Å²) in [6.07, 6.45) is 1.60. The highest BCUT2D eigenvalue weighted by atomic mass is 31.2. The van der Waals surface area contributed by atoms with E-state index in [1.807, 2.05) is 75.4 Å². The Morgan fingerprint density at radius 3 is 2.48 bits per heavy atom. The Morgan fingerprint density at radius 1 is 1.02 bits per heavy atom. The number of rotatable bonds is 16. The number of pyridine rings is 1. The third-order valence-electron chi connectivity index (χ3n) is 8.70. The minimum absolute atomic E-state index is 0.0750. The number of nitrogens with zero attached hydrogens (tertiary/aromatic N) is 3. The summed E-state index contributed by atoms with van der Waals surface area (Å²) < 4.78 is 40.6. The summed E-state index contributed by atoms with van der Waals surface area (Å²) in [7, 11) is -4.21. The number of carbonyl (C=O) groups is 1. The van der Waals surface area contributed by atoms with Gasteiger partial charge >= 0.3 is 13.7 Å². The number of anilines is 1. The molecule has 0 aliphatic carbocycles. The fourth-order valence-electron chi connectivity index (χ4n) is 5.58. The van der Waals surface area contributed by atoms with Crippen molar-refractivity contribution < 1.29 is 27.9 Å². The van der Waals surface area contributed by atoms with Crippen LogP contribution in [0.5, 0.6) is 5.75 Å². The van der Waals surface area contributed by atoms with Crippen LogP contribution in [0.3, 0.4) is 0 Å². The maximum Gasteiger partial charge on any atom is 0.459 e. The van der Waals surface area contributed by atoms with Crippen LogP contribution in [-0.2, 0) is 35.5 Å². The van der Waals surface area contributed by atoms with Crippen molar-refractivity contribution in [3.8, 4) is 5.75 Å². The maximum absolute atomic E-state index is 14.7. The summed E-state index contributed by atoms with van der Waals surface area (Å²) in [5, 5.41) is 5.63. The molecule has 0 spiro atoms. The summed E-state index contributed by atoms with van der Waals surface area (Å²) >= 11 is 0. The molecule has 11 nitrogen and oxygen atoms in total. The van der Waals surface area contributed by atoms with Crippen molar-refractivity contribution in [2.75, 3.05) is 25.6 Å². The Morgan fingerprint density at radius 2 is 1.75 bits per heavy atom. The van der Waals surface area contributed by atoms with Crippen molar-refractivity contribution in [3.63, 3.8) is 0 Å². The van der Waals surface area contributed by atoms with E-state index in [1.165, 1.54) is 0 Å². The Balaban J connectivity index is 1.57. The Labute approximate surface area is 281 Å². The molecule has 12 heteroatoms. The number of nitrogen functional groups attached to an aromatic ring is 1. The van der Waals surface area contributed by atoms with E-state index in [9.17, 15) is 9.36 Å². The normalized spacial score (nSPS) is 15.1. The molecule has 3 atom stereocenters. The average molecular weight is 676 g/mol. The zero-order chi connectivity index (χ0) is 34.5. The number of fused-ring (bicyclic) bond motifs is 4. The molecule has 0 aliphatic heterocycles. The van der Waals surface area contributed by atoms with Crippen LogP contribution in [0.1, 0.15) is 60.2 Å². The highest BCUT2D eigenvalue weighted by molar-refractivity contribution is 7.52. The highest BCUT2D eigenvalue weighted by Gasteiger charge is 2.41. The molecule has 3 aromatic carbocycles. The lowest BCUT2D eigenvalue weighted by atomic mass is 9.88. The van der Waals surface area contributed by atoms with Crippen molar-refractivity contribution in [2.45, 2.75) is 72.6 Å². The predicted molar refractivity (Wildman–Crippen MR) is 190 cm³/mol. The summed E-state index contributed by atoms with van der Waals surface area (Å²) in [4.78, 5) is 22.4. The van der Waals surface area contributed by atoms with Gasteiger partial charge in [-0.25, -0.2) is 14.5 Å². The molecule has 3 N–H and O–H groups in total. The smallest absolute Gasteiger partial charge is 0.459 e. The molecule has 0 radical (unpaired) electrons. The number of nitrogens with two attached hydrogens (primary N) is 1. The lowest BCUT2D eigenvalue weighted by Gasteiger charge is -2.38. The zero-order valence-electron chi connectivity index (χ0n) is 28.6. The van der Waals surface area contributed by atoms with Crippen LogP contribution in [0.25, 0.3) is 32.7 Å². The van der Waals surface area contributed by atoms with Crippen LogP contribution in [0, 0.1) is 5.92 Å². The molecular weight excluding hydrogens is 629 g/mol. The number of carbonyl (C=O) groups excluding carboxylic acids is 1. The van der Waals surface area contributed by atoms with Crippen molar-refractivity contribution >= 4 is 52.2 Å². The fraction of sp³-hybridized carbons (Fsp3) is 0.417. The molecule has 2 aromatic heterocycles. The summed E-state index contributed by atoms with van der Waals surface area (Å²) in [6.45, 7) is 12.5. The van der Waals surface area contributed by atoms with Gasteiger partial charge in [0.15, 0.2) is 5.82 Å². The van der Waals surface area contributed by atoms with Gasteiger partial charge in [-0.3, -0.25) is 9.32 Å². The van der Waals surface area contributed by atoms with Crippen molar-refractivity contribution in [1.29, 1.82) is 0 Å². The van der Waals surface area contributed by atoms with E-state index in [-0.39, 0.29) is 25.7 Å². The van der Waals surface area contributed by atoms with E-state index >= 15 is 0 Å². The number of imidazole rings is 1. The monoisotopic (exact) mass is 675 g/mol. The lowest BCUT2D eigenvalue weighted by Crippen LogP contribution is -2.43. The third-order valence-corrected chi connectivity index (χ3v) is 10.3. The lowest BCUT2D eigenvalue weighted by molar-refractivity contribution is -0.145. The topological polar surface area (TPSA) is 140 Å². The molecule has 48 heavy (non-hydrogen) atoms. The van der Waals surface area contributed by atoms with Gasteiger partial charge in [-0.2, -0.15) is 5.09 Å². The predicted octanol–water partition coefficient (Wildman–Crippen LogP) is 7.75. The largest absolute Gasteiger partial charge is 0.465 e. The minimum atomic E-state index is -4.21. The van der Waals surface area contributed by atoms with E-state index in [4.69, 9.17) is 29.2 Å². The van der Waals surface area contributed by atoms with Gasteiger partial charge < -0.3 is 24.3 Å². The maximum atomic E-state index is 14.7. The number of unbranched alkanes of at least 4 members (excludes halogenated alkanes) is 1. The first-order valence-corrected chi connectivity index (χ1v) is 18.0. The van der Waals surface area contributed by atoms with Gasteiger partial charge in [0.1, 0.15) is 29.7 Å². The number of hydrogen-bond acceptors (Lipinski definition) is 9. The summed E-state index contributed by atoms with van der Waals surface area (Å²) in [6, 6.07) is 20.0. The van der Waals surface area contributed by atoms with Crippen molar-refractivity contribution in [1.82, 2.24) is 19.6 Å². The zero-order valence-corrected chi connectivity index (χ0v) is 29.5. The number of esters is 1. The van der Waals surface area contributed by atoms with Gasteiger partial charge in [-0.15, -0.1) is 0 Å². The highest BCUT2D eigenvalue weighted by Crippen LogP contribution is 2.48. The van der Waals surface area contributed by atoms with Gasteiger partial charge in [0.2, 0.25) is 0 Å². The first-order chi connectivity index (χ1) is 23.0. The van der Waals surface area contributed by atoms with E-state index < -0.39 is 25.3 Å². The molecule has 256 valence electrons. The molecule has 0 saturated carbocycles. The molecule has 0 aliphatic rings. The van der Waals surface area contributed by atoms with Crippen molar-refractivity contribution in [3.05, 3.63) is 72.6 Å². The Hall–Kier alpha value is -4.02. The quantitative estimate of drug-likeness (QED) is 0.0606. The van der Waals surface area contributed by atoms with Gasteiger partial charge in [0.05, 0.1) is 29.8 Å². The van der Waals surface area contributed by atoms with Crippen LogP contribution in [-0.4, -0.2) is 46.4 Å². The molecule has 0 bridgehead atoms. The van der Waals surface area contributed by atoms with Crippen molar-refractivity contribution in [2.24, 2.45) is 5.92 Å². The number of benzene rings is 3. The van der Waals surface area contributed by atoms with Crippen LogP contribution in [0.4, 0.5) is 5.82 Å². The number of nitrogens with one attached hydrogen (secondary N) is 1. The molecule has 1 unspecified atom stereocenters. The van der Waals surface area contributed by atoms with Gasteiger partial charge in [0, 0.05) is 12.0 Å². The molecule has 5 aromatic rings. The second-order valence-electron chi connectivity index (χ2n) is 12.5. The van der Waals surface area contributed by atoms with Crippen LogP contribution in [0.15, 0.2) is 66.7 Å². The van der Waals surface area contributed by atoms with Crippen LogP contribution >= 0.6 is 7.75 Å². The number of hydrogen-bond donors (Lipinski definition) is 2. The molecular formula is C36H46N5O6P. The van der Waals surface area contributed by atoms with Gasteiger partial charge in [0.25, 0.3) is 0 Å². The minimum Gasteiger partial charge on any atom is -0.465 e. The Bertz CT molecular complexity index is 1950. The Kier molecular flexibility index (Phi) is 11.1. The molecule has 0 fully saturated rings. The van der Waals surface area contributed by atoms with E-state index in [2.05, 4.69) is 28.5 Å². The van der Waals surface area contributed by atoms with Gasteiger partial charge in [-0.05, 0) is 62.1 Å². The van der Waals surface area contributed by atoms with E-state index in [0.29, 0.717) is 29.5 Å². The molecule has 2 heterocycles. The molecule has 0 saturated heterocycles. The second kappa shape index (κ2) is 15.0. The summed E-state index contributed by atoms with van der Waals surface area (Å²) in [5.74, 6) is 0.638. The first-order valence-electron chi connectivity index (χ1n) is 16.5. The number of ether oxygens (including phenoxy) is 2. The average Bonchev–Trinajstić information content (AvgIpc) is 3.47.